The number of carbonyl (C=O) groups is 2. The van der Waals surface area contributed by atoms with Crippen LogP contribution in [0.2, 0.25) is 0 Å². The van der Waals surface area contributed by atoms with E-state index in [1.54, 1.807) is 48.7 Å². The van der Waals surface area contributed by atoms with E-state index in [0.717, 1.165) is 62.8 Å². The average Bonchev–Trinajstić information content (AvgIpc) is 4.01. The molecule has 8 heterocycles. The molecule has 2 amide bonds. The van der Waals surface area contributed by atoms with Crippen LogP contribution in [-0.2, 0) is 44.0 Å². The van der Waals surface area contributed by atoms with Crippen LogP contribution in [0, 0.1) is 5.41 Å². The number of alkyl halides is 3. The second-order valence-electron chi connectivity index (χ2n) is 20.0. The summed E-state index contributed by atoms with van der Waals surface area (Å²) in [5.74, 6) is -0.225. The number of H-pyrrole nitrogens is 1. The highest BCUT2D eigenvalue weighted by Gasteiger charge is 2.39. The van der Waals surface area contributed by atoms with Gasteiger partial charge in [0.05, 0.1) is 35.6 Å². The predicted octanol–water partition coefficient (Wildman–Crippen LogP) is 7.25. The van der Waals surface area contributed by atoms with Crippen molar-refractivity contribution in [1.29, 1.82) is 0 Å². The van der Waals surface area contributed by atoms with Crippen molar-refractivity contribution in [2.75, 3.05) is 58.1 Å². The monoisotopic (exact) mass is 958 g/mol. The van der Waals surface area contributed by atoms with Crippen molar-refractivity contribution >= 4 is 57.2 Å². The minimum Gasteiger partial charge on any atom is -0.392 e. The number of piperidine rings is 1. The van der Waals surface area contributed by atoms with Crippen molar-refractivity contribution in [3.8, 4) is 11.3 Å². The summed E-state index contributed by atoms with van der Waals surface area (Å²) in [5, 5.41) is 17.4. The maximum atomic E-state index is 14.1. The van der Waals surface area contributed by atoms with Crippen molar-refractivity contribution in [3.63, 3.8) is 0 Å². The number of anilines is 6. The number of aromatic nitrogens is 6. The van der Waals surface area contributed by atoms with E-state index in [1.807, 2.05) is 18.2 Å². The molecule has 0 saturated carbocycles. The molecule has 4 aliphatic rings. The number of nitrogens with zero attached hydrogens (tertiary/aromatic N) is 9. The number of aryl methyl sites for hydroxylation is 1. The molecule has 0 spiro atoms. The van der Waals surface area contributed by atoms with E-state index in [0.29, 0.717) is 70.8 Å². The normalized spacial score (nSPS) is 20.4. The predicted molar refractivity (Wildman–Crippen MR) is 264 cm³/mol. The lowest BCUT2D eigenvalue weighted by Crippen LogP contribution is -2.58. The van der Waals surface area contributed by atoms with Crippen LogP contribution < -0.4 is 30.9 Å². The third kappa shape index (κ3) is 8.58. The highest BCUT2D eigenvalue weighted by Crippen LogP contribution is 2.41. The molecule has 0 radical (unpaired) electrons. The topological polar surface area (TPSA) is 173 Å². The number of halogens is 3. The fraction of sp³-hybridized carbons (Fsp3) is 0.412. The van der Waals surface area contributed by atoms with Crippen LogP contribution in [0.5, 0.6) is 0 Å². The largest absolute Gasteiger partial charge is 0.431 e. The number of fused-ring (bicyclic) bond motifs is 4. The van der Waals surface area contributed by atoms with Crippen LogP contribution in [0.15, 0.2) is 78.5 Å². The summed E-state index contributed by atoms with van der Waals surface area (Å²) in [4.78, 5) is 65.3. The number of rotatable bonds is 10. The molecular formula is C51H57F3N12O4. The Morgan fingerprint density at radius 1 is 1.00 bits per heavy atom. The Morgan fingerprint density at radius 3 is 2.56 bits per heavy atom. The SMILES string of the molecule is C=CC(=O)Nc1cc(Nc2nc(-c3ccnc(N4CCn5c(cc6c5CC(C)(C)C6)C4=O)c3CO)cn(C)c2=O)ccc1N1CCN(C2CCN(c3cnc4[nH]c(C(F)(F)F)cc4c3)[C@@H](C)C2)C[C@@H]1C. The smallest absolute Gasteiger partial charge is 0.392 e. The van der Waals surface area contributed by atoms with E-state index in [-0.39, 0.29) is 34.9 Å². The summed E-state index contributed by atoms with van der Waals surface area (Å²) in [5.41, 5.74) is 6.11. The van der Waals surface area contributed by atoms with Gasteiger partial charge in [0.1, 0.15) is 22.9 Å². The lowest BCUT2D eigenvalue weighted by Gasteiger charge is -2.48. The Morgan fingerprint density at radius 2 is 1.81 bits per heavy atom. The molecule has 1 aliphatic carbocycles. The first-order valence-electron chi connectivity index (χ1n) is 23.8. The van der Waals surface area contributed by atoms with E-state index in [9.17, 15) is 32.7 Å². The highest BCUT2D eigenvalue weighted by molar-refractivity contribution is 6.06. The molecule has 5 aromatic heterocycles. The van der Waals surface area contributed by atoms with Crippen LogP contribution in [0.4, 0.5) is 47.6 Å². The van der Waals surface area contributed by atoms with Crippen LogP contribution in [-0.4, -0.2) is 102 Å². The van der Waals surface area contributed by atoms with Gasteiger partial charge in [-0.25, -0.2) is 15.0 Å². The zero-order valence-corrected chi connectivity index (χ0v) is 39.9. The molecule has 2 saturated heterocycles. The molecule has 4 N–H and O–H groups in total. The molecule has 19 heteroatoms. The first-order chi connectivity index (χ1) is 33.4. The van der Waals surface area contributed by atoms with Crippen LogP contribution in [0.1, 0.15) is 73.5 Å². The molecule has 70 heavy (non-hydrogen) atoms. The van der Waals surface area contributed by atoms with Gasteiger partial charge in [-0.3, -0.25) is 24.2 Å². The molecule has 10 rings (SSSR count). The first kappa shape index (κ1) is 46.7. The quantitative estimate of drug-likeness (QED) is 0.102. The van der Waals surface area contributed by atoms with Gasteiger partial charge in [0, 0.05) is 105 Å². The minimum absolute atomic E-state index is 0.0134. The van der Waals surface area contributed by atoms with Gasteiger partial charge in [0.15, 0.2) is 5.82 Å². The Hall–Kier alpha value is -6.99. The van der Waals surface area contributed by atoms with Crippen molar-refractivity contribution in [1.82, 2.24) is 34.0 Å². The van der Waals surface area contributed by atoms with Gasteiger partial charge in [-0.05, 0) is 99.0 Å². The number of carbonyl (C=O) groups excluding carboxylic acids is 2. The molecule has 16 nitrogen and oxygen atoms in total. The van der Waals surface area contributed by atoms with Crippen LogP contribution >= 0.6 is 0 Å². The van der Waals surface area contributed by atoms with Gasteiger partial charge < -0.3 is 39.7 Å². The molecule has 1 aromatic carbocycles. The zero-order valence-electron chi connectivity index (χ0n) is 39.9. The second-order valence-corrected chi connectivity index (χ2v) is 20.0. The number of amides is 2. The van der Waals surface area contributed by atoms with Gasteiger partial charge in [-0.1, -0.05) is 20.4 Å². The number of piperazine rings is 1. The Bertz CT molecular complexity index is 3120. The van der Waals surface area contributed by atoms with E-state index >= 15 is 0 Å². The average molecular weight is 959 g/mol. The number of aliphatic hydroxyl groups excluding tert-OH is 1. The molecule has 1 unspecified atom stereocenters. The van der Waals surface area contributed by atoms with Gasteiger partial charge >= 0.3 is 6.18 Å². The van der Waals surface area contributed by atoms with Gasteiger partial charge in [0.2, 0.25) is 5.91 Å². The molecule has 3 aliphatic heterocycles. The molecular weight excluding hydrogens is 902 g/mol. The maximum Gasteiger partial charge on any atom is 0.431 e. The summed E-state index contributed by atoms with van der Waals surface area (Å²) in [6, 6.07) is 12.6. The number of aliphatic hydroxyl groups is 1. The van der Waals surface area contributed by atoms with Crippen molar-refractivity contribution in [2.45, 2.75) is 90.8 Å². The fourth-order valence-electron chi connectivity index (χ4n) is 11.2. The van der Waals surface area contributed by atoms with Crippen molar-refractivity contribution < 1.29 is 27.9 Å². The van der Waals surface area contributed by atoms with E-state index in [1.165, 1.54) is 21.9 Å². The fourth-order valence-corrected chi connectivity index (χ4v) is 11.2. The van der Waals surface area contributed by atoms with Crippen LogP contribution in [0.3, 0.4) is 0 Å². The molecule has 3 atom stereocenters. The molecule has 366 valence electrons. The van der Waals surface area contributed by atoms with Gasteiger partial charge in [-0.15, -0.1) is 0 Å². The summed E-state index contributed by atoms with van der Waals surface area (Å²) in [7, 11) is 1.62. The van der Waals surface area contributed by atoms with E-state index in [4.69, 9.17) is 4.98 Å². The number of aromatic amines is 1. The number of hydrogen-bond donors (Lipinski definition) is 4. The Labute approximate surface area is 402 Å². The first-order valence-corrected chi connectivity index (χ1v) is 23.8. The third-order valence-corrected chi connectivity index (χ3v) is 14.5. The minimum atomic E-state index is -4.48. The maximum absolute atomic E-state index is 14.1. The van der Waals surface area contributed by atoms with Gasteiger partial charge in [0.25, 0.3) is 11.5 Å². The van der Waals surface area contributed by atoms with Gasteiger partial charge in [-0.2, -0.15) is 13.2 Å². The summed E-state index contributed by atoms with van der Waals surface area (Å²) in [6.07, 6.45) is 5.11. The molecule has 0 bridgehead atoms. The number of pyridine rings is 2. The second kappa shape index (κ2) is 17.8. The Balaban J connectivity index is 0.849. The highest BCUT2D eigenvalue weighted by atomic mass is 19.4. The summed E-state index contributed by atoms with van der Waals surface area (Å²) >= 11 is 0. The van der Waals surface area contributed by atoms with E-state index < -0.39 is 29.9 Å². The third-order valence-electron chi connectivity index (χ3n) is 14.5. The summed E-state index contributed by atoms with van der Waals surface area (Å²) < 4.78 is 43.6. The number of benzene rings is 1. The van der Waals surface area contributed by atoms with Crippen LogP contribution in [0.25, 0.3) is 22.3 Å². The Kier molecular flexibility index (Phi) is 11.9. The number of nitrogens with one attached hydrogen (secondary N) is 3. The standard InChI is InChI=1S/C51H57F3N12O4/c1-7-44(68)58-38-22-33(8-9-40(38)64-15-14-62(26-30(64)3)34-11-13-63(29(2)18-34)35-19-31-21-43(51(52,53)54)60-45(31)56-25-35)57-46-49(70)61(6)27-39(59-46)36-10-12-55-47(37(36)28-67)66-17-16-65-41(48(66)69)20-32-23-50(4,5)24-42(32)65/h7-10,12,19-22,25,27,29-30,34,67H,1,11,13-18,23-24,26,28H2,2-6H3,(H,56,60)(H,57,59)(H,58,68)/t29-,30-,34?/m0/s1. The van der Waals surface area contributed by atoms with Crippen molar-refractivity contribution in [3.05, 3.63) is 112 Å². The molecule has 6 aromatic rings. The molecule has 2 fully saturated rings. The van der Waals surface area contributed by atoms with E-state index in [2.05, 4.69) is 79.1 Å². The zero-order chi connectivity index (χ0) is 49.4. The number of hydrogen-bond acceptors (Lipinski definition) is 11. The van der Waals surface area contributed by atoms with Crippen molar-refractivity contribution in [2.24, 2.45) is 12.5 Å². The lowest BCUT2D eigenvalue weighted by atomic mass is 9.90. The lowest BCUT2D eigenvalue weighted by molar-refractivity contribution is -0.140. The summed E-state index contributed by atoms with van der Waals surface area (Å²) in [6.45, 7) is 15.9.